The van der Waals surface area contributed by atoms with Crippen molar-refractivity contribution in [2.75, 3.05) is 0 Å². The number of rotatable bonds is 4. The molecule has 5 aromatic rings. The average molecular weight is 404 g/mol. The molecule has 0 spiro atoms. The van der Waals surface area contributed by atoms with Crippen molar-refractivity contribution in [3.8, 4) is 5.69 Å². The van der Waals surface area contributed by atoms with Crippen LogP contribution in [0.15, 0.2) is 63.0 Å². The molecule has 9 heteroatoms. The quantitative estimate of drug-likeness (QED) is 0.424. The van der Waals surface area contributed by atoms with Gasteiger partial charge in [0.05, 0.1) is 22.3 Å². The van der Waals surface area contributed by atoms with Crippen LogP contribution in [-0.2, 0) is 5.75 Å². The summed E-state index contributed by atoms with van der Waals surface area (Å²) in [5.41, 5.74) is 2.39. The van der Waals surface area contributed by atoms with Crippen LogP contribution in [0.2, 0.25) is 0 Å². The fourth-order valence-corrected chi connectivity index (χ4v) is 4.12. The van der Waals surface area contributed by atoms with Crippen molar-refractivity contribution in [1.82, 2.24) is 29.3 Å². The summed E-state index contributed by atoms with van der Waals surface area (Å²) in [6.07, 6.45) is 0. The van der Waals surface area contributed by atoms with Crippen LogP contribution >= 0.6 is 11.8 Å². The fraction of sp³-hybridized carbons (Fsp3) is 0.150. The second kappa shape index (κ2) is 6.85. The third-order valence-corrected chi connectivity index (χ3v) is 5.58. The van der Waals surface area contributed by atoms with E-state index in [4.69, 9.17) is 4.52 Å². The standard InChI is InChI=1S/C20H16N6O2S/c1-12-7-3-5-9-15(12)25-18(27)14-8-4-6-10-16(14)26-19(25)22-23-20(26)29-11-17-21-13(2)28-24-17/h3-10H,11H2,1-2H3. The third-order valence-electron chi connectivity index (χ3n) is 4.65. The van der Waals surface area contributed by atoms with E-state index in [1.165, 1.54) is 11.8 Å². The lowest BCUT2D eigenvalue weighted by Crippen LogP contribution is -2.22. The van der Waals surface area contributed by atoms with Crippen molar-refractivity contribution >= 4 is 28.4 Å². The van der Waals surface area contributed by atoms with E-state index in [1.54, 1.807) is 11.5 Å². The number of aryl methyl sites for hydroxylation is 2. The number of hydrogen-bond donors (Lipinski definition) is 0. The van der Waals surface area contributed by atoms with Crippen molar-refractivity contribution in [3.05, 3.63) is 76.2 Å². The fourth-order valence-electron chi connectivity index (χ4n) is 3.33. The summed E-state index contributed by atoms with van der Waals surface area (Å²) >= 11 is 1.44. The van der Waals surface area contributed by atoms with Gasteiger partial charge in [-0.1, -0.05) is 47.3 Å². The molecule has 2 aromatic carbocycles. The van der Waals surface area contributed by atoms with Gasteiger partial charge in [-0.25, -0.2) is 4.57 Å². The second-order valence-corrected chi connectivity index (χ2v) is 7.52. The summed E-state index contributed by atoms with van der Waals surface area (Å²) < 4.78 is 8.56. The zero-order valence-corrected chi connectivity index (χ0v) is 16.6. The molecule has 0 saturated carbocycles. The molecule has 0 bridgehead atoms. The SMILES string of the molecule is Cc1nc(CSc2nnc3n(-c4ccccc4C)c(=O)c4ccccc4n23)no1. The largest absolute Gasteiger partial charge is 0.340 e. The van der Waals surface area contributed by atoms with Crippen LogP contribution in [0.4, 0.5) is 0 Å². The zero-order chi connectivity index (χ0) is 20.0. The molecule has 0 N–H and O–H groups in total. The molecule has 0 aliphatic rings. The predicted molar refractivity (Wildman–Crippen MR) is 109 cm³/mol. The Balaban J connectivity index is 1.76. The summed E-state index contributed by atoms with van der Waals surface area (Å²) in [6, 6.07) is 15.2. The molecule has 0 aliphatic heterocycles. The summed E-state index contributed by atoms with van der Waals surface area (Å²) in [7, 11) is 0. The van der Waals surface area contributed by atoms with Crippen molar-refractivity contribution in [3.63, 3.8) is 0 Å². The maximum absolute atomic E-state index is 13.3. The van der Waals surface area contributed by atoms with Crippen LogP contribution in [0.25, 0.3) is 22.4 Å². The predicted octanol–water partition coefficient (Wildman–Crippen LogP) is 3.33. The first-order valence-corrected chi connectivity index (χ1v) is 9.99. The summed E-state index contributed by atoms with van der Waals surface area (Å²) in [5.74, 6) is 2.05. The molecule has 0 aliphatic carbocycles. The molecule has 8 nitrogen and oxygen atoms in total. The van der Waals surface area contributed by atoms with Crippen molar-refractivity contribution < 1.29 is 4.52 Å². The van der Waals surface area contributed by atoms with Crippen LogP contribution in [0, 0.1) is 13.8 Å². The number of benzene rings is 2. The van der Waals surface area contributed by atoms with Gasteiger partial charge >= 0.3 is 0 Å². The number of hydrogen-bond acceptors (Lipinski definition) is 7. The van der Waals surface area contributed by atoms with E-state index in [-0.39, 0.29) is 5.56 Å². The second-order valence-electron chi connectivity index (χ2n) is 6.58. The van der Waals surface area contributed by atoms with E-state index >= 15 is 0 Å². The Kier molecular flexibility index (Phi) is 4.17. The number of fused-ring (bicyclic) bond motifs is 3. The highest BCUT2D eigenvalue weighted by Crippen LogP contribution is 2.25. The lowest BCUT2D eigenvalue weighted by Gasteiger charge is -2.13. The Morgan fingerprint density at radius 2 is 1.83 bits per heavy atom. The van der Waals surface area contributed by atoms with Gasteiger partial charge in [-0.2, -0.15) is 4.98 Å². The minimum atomic E-state index is -0.125. The Morgan fingerprint density at radius 1 is 1.03 bits per heavy atom. The zero-order valence-electron chi connectivity index (χ0n) is 15.7. The first-order valence-electron chi connectivity index (χ1n) is 9.00. The van der Waals surface area contributed by atoms with E-state index in [1.807, 2.05) is 59.9 Å². The van der Waals surface area contributed by atoms with E-state index in [0.717, 1.165) is 16.8 Å². The lowest BCUT2D eigenvalue weighted by molar-refractivity contribution is 0.389. The molecule has 0 radical (unpaired) electrons. The monoisotopic (exact) mass is 404 g/mol. The Morgan fingerprint density at radius 3 is 2.62 bits per heavy atom. The number of aromatic nitrogens is 6. The van der Waals surface area contributed by atoms with Crippen LogP contribution < -0.4 is 5.56 Å². The van der Waals surface area contributed by atoms with E-state index in [2.05, 4.69) is 20.3 Å². The molecule has 0 atom stereocenters. The number of para-hydroxylation sites is 2. The van der Waals surface area contributed by atoms with E-state index in [0.29, 0.717) is 33.8 Å². The molecule has 0 saturated heterocycles. The molecular formula is C20H16N6O2S. The number of nitrogens with zero attached hydrogens (tertiary/aromatic N) is 6. The van der Waals surface area contributed by atoms with Crippen molar-refractivity contribution in [1.29, 1.82) is 0 Å². The minimum Gasteiger partial charge on any atom is -0.340 e. The van der Waals surface area contributed by atoms with Crippen LogP contribution in [0.3, 0.4) is 0 Å². The maximum Gasteiger partial charge on any atom is 0.267 e. The molecule has 0 amide bonds. The van der Waals surface area contributed by atoms with Gasteiger partial charge in [0.1, 0.15) is 0 Å². The van der Waals surface area contributed by atoms with E-state index in [9.17, 15) is 4.79 Å². The van der Waals surface area contributed by atoms with Gasteiger partial charge < -0.3 is 4.52 Å². The Hall–Kier alpha value is -3.46. The van der Waals surface area contributed by atoms with Crippen LogP contribution in [0.5, 0.6) is 0 Å². The molecule has 144 valence electrons. The molecule has 3 aromatic heterocycles. The topological polar surface area (TPSA) is 91.1 Å². The summed E-state index contributed by atoms with van der Waals surface area (Å²) in [6.45, 7) is 3.72. The van der Waals surface area contributed by atoms with Gasteiger partial charge in [0.2, 0.25) is 11.7 Å². The lowest BCUT2D eigenvalue weighted by atomic mass is 10.2. The summed E-state index contributed by atoms with van der Waals surface area (Å²) in [5, 5.41) is 13.9. The van der Waals surface area contributed by atoms with Gasteiger partial charge in [-0.05, 0) is 30.7 Å². The normalized spacial score (nSPS) is 11.5. The minimum absolute atomic E-state index is 0.125. The number of thioether (sulfide) groups is 1. The highest BCUT2D eigenvalue weighted by Gasteiger charge is 2.19. The first kappa shape index (κ1) is 17.6. The van der Waals surface area contributed by atoms with Gasteiger partial charge in [0.15, 0.2) is 11.0 Å². The third kappa shape index (κ3) is 2.90. The Bertz CT molecular complexity index is 1420. The molecule has 0 unspecified atom stereocenters. The molecule has 0 fully saturated rings. The maximum atomic E-state index is 13.3. The van der Waals surface area contributed by atoms with Gasteiger partial charge in [0, 0.05) is 6.92 Å². The smallest absolute Gasteiger partial charge is 0.267 e. The average Bonchev–Trinajstić information content (AvgIpc) is 3.34. The highest BCUT2D eigenvalue weighted by atomic mass is 32.2. The highest BCUT2D eigenvalue weighted by molar-refractivity contribution is 7.98. The van der Waals surface area contributed by atoms with Gasteiger partial charge in [-0.3, -0.25) is 9.20 Å². The van der Waals surface area contributed by atoms with Gasteiger partial charge in [0.25, 0.3) is 5.56 Å². The summed E-state index contributed by atoms with van der Waals surface area (Å²) in [4.78, 5) is 17.6. The van der Waals surface area contributed by atoms with Crippen LogP contribution in [0.1, 0.15) is 17.3 Å². The van der Waals surface area contributed by atoms with Gasteiger partial charge in [-0.15, -0.1) is 10.2 Å². The molecule has 3 heterocycles. The van der Waals surface area contributed by atoms with Crippen molar-refractivity contribution in [2.45, 2.75) is 24.8 Å². The first-order chi connectivity index (χ1) is 14.1. The molecular weight excluding hydrogens is 388 g/mol. The molecule has 29 heavy (non-hydrogen) atoms. The van der Waals surface area contributed by atoms with Crippen LogP contribution in [-0.4, -0.2) is 29.3 Å². The van der Waals surface area contributed by atoms with Crippen molar-refractivity contribution in [2.24, 2.45) is 0 Å². The molecule has 5 rings (SSSR count). The van der Waals surface area contributed by atoms with E-state index < -0.39 is 0 Å². The Labute approximate surface area is 169 Å².